The molecule has 0 fully saturated rings. The van der Waals surface area contributed by atoms with Crippen molar-refractivity contribution in [3.8, 4) is 28.2 Å². The van der Waals surface area contributed by atoms with Gasteiger partial charge in [0, 0.05) is 5.56 Å². The van der Waals surface area contributed by atoms with Crippen LogP contribution in [-0.2, 0) is 11.0 Å². The first-order valence-electron chi connectivity index (χ1n) is 10.3. The van der Waals surface area contributed by atoms with Gasteiger partial charge in [-0.05, 0) is 47.5 Å². The smallest absolute Gasteiger partial charge is 0.416 e. The number of hydrazone groups is 1. The molecule has 34 heavy (non-hydrogen) atoms. The second-order valence-electron chi connectivity index (χ2n) is 7.25. The normalized spacial score (nSPS) is 11.5. The fourth-order valence-electron chi connectivity index (χ4n) is 3.15. The Labute approximate surface area is 193 Å². The molecular formula is C26H19F3N2O3. The zero-order chi connectivity index (χ0) is 24.0. The van der Waals surface area contributed by atoms with E-state index in [2.05, 4.69) is 10.5 Å². The van der Waals surface area contributed by atoms with Crippen LogP contribution in [0.2, 0.25) is 0 Å². The van der Waals surface area contributed by atoms with Gasteiger partial charge in [-0.15, -0.1) is 0 Å². The van der Waals surface area contributed by atoms with E-state index in [1.54, 1.807) is 12.1 Å². The molecule has 4 aromatic rings. The SMILES string of the molecule is O=C(COc1ccc(-c2ccccc2)cc1)NN=Cc1ccc(-c2cccc(C(F)(F)F)c2)o1. The average molecular weight is 464 g/mol. The van der Waals surface area contributed by atoms with Crippen LogP contribution in [0.15, 0.2) is 101 Å². The number of benzene rings is 3. The highest BCUT2D eigenvalue weighted by Crippen LogP contribution is 2.32. The van der Waals surface area contributed by atoms with Gasteiger partial charge in [-0.25, -0.2) is 5.43 Å². The Kier molecular flexibility index (Phi) is 6.77. The van der Waals surface area contributed by atoms with Crippen LogP contribution in [0.25, 0.3) is 22.5 Å². The molecule has 0 aliphatic heterocycles. The summed E-state index contributed by atoms with van der Waals surface area (Å²) >= 11 is 0. The minimum atomic E-state index is -4.44. The van der Waals surface area contributed by atoms with Gasteiger partial charge >= 0.3 is 6.18 Å². The Bertz CT molecular complexity index is 1280. The van der Waals surface area contributed by atoms with Crippen LogP contribution in [0.1, 0.15) is 11.3 Å². The van der Waals surface area contributed by atoms with Crippen LogP contribution < -0.4 is 10.2 Å². The van der Waals surface area contributed by atoms with Crippen LogP contribution in [0.3, 0.4) is 0 Å². The molecule has 3 aromatic carbocycles. The molecule has 0 aliphatic rings. The lowest BCUT2D eigenvalue weighted by atomic mass is 10.1. The first kappa shape index (κ1) is 22.8. The van der Waals surface area contributed by atoms with E-state index in [0.29, 0.717) is 5.75 Å². The highest BCUT2D eigenvalue weighted by atomic mass is 19.4. The molecule has 0 spiro atoms. The lowest BCUT2D eigenvalue weighted by Gasteiger charge is -2.07. The molecule has 5 nitrogen and oxygen atoms in total. The molecule has 4 rings (SSSR count). The minimum Gasteiger partial charge on any atom is -0.484 e. The van der Waals surface area contributed by atoms with Gasteiger partial charge in [0.1, 0.15) is 17.3 Å². The van der Waals surface area contributed by atoms with Crippen molar-refractivity contribution in [2.45, 2.75) is 6.18 Å². The van der Waals surface area contributed by atoms with Crippen LogP contribution in [-0.4, -0.2) is 18.7 Å². The predicted molar refractivity (Wildman–Crippen MR) is 122 cm³/mol. The summed E-state index contributed by atoms with van der Waals surface area (Å²) in [4.78, 5) is 12.0. The summed E-state index contributed by atoms with van der Waals surface area (Å²) in [6.45, 7) is -0.240. The molecule has 0 unspecified atom stereocenters. The van der Waals surface area contributed by atoms with Crippen molar-refractivity contribution in [2.24, 2.45) is 5.10 Å². The highest BCUT2D eigenvalue weighted by molar-refractivity contribution is 5.81. The quantitative estimate of drug-likeness (QED) is 0.263. The van der Waals surface area contributed by atoms with Gasteiger partial charge in [0.15, 0.2) is 6.61 Å². The molecular weight excluding hydrogens is 445 g/mol. The summed E-state index contributed by atoms with van der Waals surface area (Å²) in [5.74, 6) is 0.579. The third kappa shape index (κ3) is 5.92. The molecule has 172 valence electrons. The van der Waals surface area contributed by atoms with Crippen LogP contribution in [0.4, 0.5) is 13.2 Å². The molecule has 1 N–H and O–H groups in total. The minimum absolute atomic E-state index is 0.240. The summed E-state index contributed by atoms with van der Waals surface area (Å²) in [6, 6.07) is 25.1. The zero-order valence-corrected chi connectivity index (χ0v) is 17.8. The maximum absolute atomic E-state index is 12.9. The second kappa shape index (κ2) is 10.1. The summed E-state index contributed by atoms with van der Waals surface area (Å²) in [7, 11) is 0. The summed E-state index contributed by atoms with van der Waals surface area (Å²) in [5, 5.41) is 3.79. The third-order valence-corrected chi connectivity index (χ3v) is 4.81. The van der Waals surface area contributed by atoms with Gasteiger partial charge < -0.3 is 9.15 Å². The van der Waals surface area contributed by atoms with Crippen molar-refractivity contribution in [1.29, 1.82) is 0 Å². The van der Waals surface area contributed by atoms with Gasteiger partial charge in [0.2, 0.25) is 0 Å². The topological polar surface area (TPSA) is 63.8 Å². The zero-order valence-electron chi connectivity index (χ0n) is 17.8. The van der Waals surface area contributed by atoms with Gasteiger partial charge in [0.05, 0.1) is 11.8 Å². The number of amides is 1. The van der Waals surface area contributed by atoms with Crippen molar-refractivity contribution in [2.75, 3.05) is 6.61 Å². The van der Waals surface area contributed by atoms with E-state index < -0.39 is 17.6 Å². The maximum atomic E-state index is 12.9. The second-order valence-corrected chi connectivity index (χ2v) is 7.25. The van der Waals surface area contributed by atoms with E-state index in [1.165, 1.54) is 30.5 Å². The predicted octanol–water partition coefficient (Wildman–Crippen LogP) is 6.16. The summed E-state index contributed by atoms with van der Waals surface area (Å²) in [6.07, 6.45) is -3.19. The van der Waals surface area contributed by atoms with Gasteiger partial charge in [-0.2, -0.15) is 18.3 Å². The molecule has 0 saturated carbocycles. The van der Waals surface area contributed by atoms with Crippen molar-refractivity contribution in [3.05, 3.63) is 102 Å². The first-order chi connectivity index (χ1) is 16.4. The number of carbonyl (C=O) groups is 1. The molecule has 0 aliphatic carbocycles. The third-order valence-electron chi connectivity index (χ3n) is 4.81. The Balaban J connectivity index is 1.28. The average Bonchev–Trinajstić information content (AvgIpc) is 3.32. The van der Waals surface area contributed by atoms with Gasteiger partial charge in [-0.3, -0.25) is 4.79 Å². The molecule has 1 amide bonds. The Morgan fingerprint density at radius 3 is 2.32 bits per heavy atom. The van der Waals surface area contributed by atoms with Crippen molar-refractivity contribution in [1.82, 2.24) is 5.43 Å². The standard InChI is InChI=1S/C26H19F3N2O3/c27-26(28,29)21-8-4-7-20(15-21)24-14-13-23(34-24)16-30-31-25(32)17-33-22-11-9-19(10-12-22)18-5-2-1-3-6-18/h1-16H,17H2,(H,31,32). The van der Waals surface area contributed by atoms with Crippen LogP contribution in [0.5, 0.6) is 5.75 Å². The largest absolute Gasteiger partial charge is 0.484 e. The number of rotatable bonds is 7. The molecule has 1 heterocycles. The molecule has 8 heteroatoms. The molecule has 1 aromatic heterocycles. The van der Waals surface area contributed by atoms with Crippen LogP contribution >= 0.6 is 0 Å². The number of halogens is 3. The molecule has 0 atom stereocenters. The Hall–Kier alpha value is -4.33. The summed E-state index contributed by atoms with van der Waals surface area (Å²) in [5.41, 5.74) is 3.94. The number of alkyl halides is 3. The number of nitrogens with one attached hydrogen (secondary N) is 1. The number of ether oxygens (including phenoxy) is 1. The van der Waals surface area contributed by atoms with Crippen LogP contribution in [0, 0.1) is 0 Å². The van der Waals surface area contributed by atoms with E-state index >= 15 is 0 Å². The number of hydrogen-bond acceptors (Lipinski definition) is 4. The van der Waals surface area contributed by atoms with Gasteiger partial charge in [0.25, 0.3) is 5.91 Å². The monoisotopic (exact) mass is 464 g/mol. The fraction of sp³-hybridized carbons (Fsp3) is 0.0769. The van der Waals surface area contributed by atoms with E-state index in [-0.39, 0.29) is 23.7 Å². The number of nitrogens with zero attached hydrogens (tertiary/aromatic N) is 1. The van der Waals surface area contributed by atoms with Crippen molar-refractivity contribution in [3.63, 3.8) is 0 Å². The lowest BCUT2D eigenvalue weighted by Crippen LogP contribution is -2.24. The van der Waals surface area contributed by atoms with Crippen molar-refractivity contribution >= 4 is 12.1 Å². The van der Waals surface area contributed by atoms with Gasteiger partial charge in [-0.1, -0.05) is 54.6 Å². The number of carbonyl (C=O) groups excluding carboxylic acids is 1. The fourth-order valence-corrected chi connectivity index (χ4v) is 3.15. The van der Waals surface area contributed by atoms with Crippen molar-refractivity contribution < 1.29 is 27.1 Å². The molecule has 0 bridgehead atoms. The van der Waals surface area contributed by atoms with E-state index in [1.807, 2.05) is 42.5 Å². The van der Waals surface area contributed by atoms with E-state index in [9.17, 15) is 18.0 Å². The number of furan rings is 1. The first-order valence-corrected chi connectivity index (χ1v) is 10.3. The molecule has 0 radical (unpaired) electrons. The lowest BCUT2D eigenvalue weighted by molar-refractivity contribution is -0.137. The Morgan fingerprint density at radius 1 is 0.882 bits per heavy atom. The van der Waals surface area contributed by atoms with E-state index in [4.69, 9.17) is 9.15 Å². The Morgan fingerprint density at radius 2 is 1.59 bits per heavy atom. The maximum Gasteiger partial charge on any atom is 0.416 e. The van der Waals surface area contributed by atoms with E-state index in [0.717, 1.165) is 23.3 Å². The number of hydrogen-bond donors (Lipinski definition) is 1. The molecule has 0 saturated heterocycles. The highest BCUT2D eigenvalue weighted by Gasteiger charge is 2.30. The summed E-state index contributed by atoms with van der Waals surface area (Å²) < 4.78 is 49.6.